The fraction of sp³-hybridized carbons (Fsp3) is 0.353. The Hall–Kier alpha value is -1.78. The van der Waals surface area contributed by atoms with E-state index < -0.39 is 0 Å². The summed E-state index contributed by atoms with van der Waals surface area (Å²) >= 11 is 0. The third-order valence-electron chi connectivity index (χ3n) is 4.24. The summed E-state index contributed by atoms with van der Waals surface area (Å²) < 4.78 is 13.5. The summed E-state index contributed by atoms with van der Waals surface area (Å²) in [6, 6.07) is 11.3. The first-order valence-electron chi connectivity index (χ1n) is 7.41. The highest BCUT2D eigenvalue weighted by Gasteiger charge is 2.31. The van der Waals surface area contributed by atoms with Crippen LogP contribution in [0.3, 0.4) is 0 Å². The molecule has 1 aromatic heterocycles. The van der Waals surface area contributed by atoms with Crippen LogP contribution >= 0.6 is 0 Å². The molecule has 1 fully saturated rings. The van der Waals surface area contributed by atoms with Gasteiger partial charge in [-0.25, -0.2) is 4.39 Å². The van der Waals surface area contributed by atoms with Gasteiger partial charge in [0, 0.05) is 31.0 Å². The highest BCUT2D eigenvalue weighted by molar-refractivity contribution is 5.23. The van der Waals surface area contributed by atoms with Crippen LogP contribution in [-0.4, -0.2) is 23.0 Å². The average molecular weight is 285 g/mol. The highest BCUT2D eigenvalue weighted by Crippen LogP contribution is 2.38. The van der Waals surface area contributed by atoms with Crippen LogP contribution in [0, 0.1) is 5.82 Å². The predicted octanol–water partition coefficient (Wildman–Crippen LogP) is 3.06. The minimum atomic E-state index is -0.203. The number of rotatable bonds is 4. The van der Waals surface area contributed by atoms with E-state index in [-0.39, 0.29) is 11.9 Å². The summed E-state index contributed by atoms with van der Waals surface area (Å²) in [6.45, 7) is 1.48. The highest BCUT2D eigenvalue weighted by atomic mass is 19.1. The molecule has 0 spiro atoms. The molecule has 2 aromatic rings. The lowest BCUT2D eigenvalue weighted by molar-refractivity contribution is 0.185. The first kappa shape index (κ1) is 14.2. The molecule has 1 aliphatic heterocycles. The van der Waals surface area contributed by atoms with Crippen LogP contribution in [0.2, 0.25) is 0 Å². The quantitative estimate of drug-likeness (QED) is 0.938. The van der Waals surface area contributed by atoms with Crippen molar-refractivity contribution in [1.82, 2.24) is 9.88 Å². The van der Waals surface area contributed by atoms with E-state index in [2.05, 4.69) is 22.0 Å². The van der Waals surface area contributed by atoms with Crippen molar-refractivity contribution in [2.24, 2.45) is 5.73 Å². The summed E-state index contributed by atoms with van der Waals surface area (Å²) in [7, 11) is 0. The van der Waals surface area contributed by atoms with Crippen molar-refractivity contribution < 1.29 is 4.39 Å². The van der Waals surface area contributed by atoms with Gasteiger partial charge in [-0.2, -0.15) is 0 Å². The topological polar surface area (TPSA) is 42.1 Å². The number of benzene rings is 1. The Balaban J connectivity index is 1.89. The third kappa shape index (κ3) is 2.96. The largest absolute Gasteiger partial charge is 0.329 e. The molecule has 21 heavy (non-hydrogen) atoms. The maximum atomic E-state index is 13.5. The summed E-state index contributed by atoms with van der Waals surface area (Å²) in [6.07, 6.45) is 5.89. The van der Waals surface area contributed by atoms with Crippen LogP contribution in [0.1, 0.15) is 36.1 Å². The van der Waals surface area contributed by atoms with Gasteiger partial charge >= 0.3 is 0 Å². The number of pyridine rings is 1. The van der Waals surface area contributed by atoms with Gasteiger partial charge < -0.3 is 5.73 Å². The fourth-order valence-corrected chi connectivity index (χ4v) is 3.28. The number of hydrogen-bond acceptors (Lipinski definition) is 3. The van der Waals surface area contributed by atoms with Gasteiger partial charge in [-0.05, 0) is 54.8 Å². The van der Waals surface area contributed by atoms with E-state index in [0.717, 1.165) is 24.9 Å². The maximum Gasteiger partial charge on any atom is 0.123 e. The normalized spacial score (nSPS) is 20.6. The molecule has 0 amide bonds. The van der Waals surface area contributed by atoms with Crippen molar-refractivity contribution in [3.05, 3.63) is 65.7 Å². The molecular formula is C17H20FN3. The zero-order valence-electron chi connectivity index (χ0n) is 12.0. The molecule has 1 aromatic carbocycles. The lowest BCUT2D eigenvalue weighted by atomic mass is 10.0. The standard InChI is InChI=1S/C17H20FN3/c18-15-4-1-3-14(11-15)17(12-19)21-10-2-5-16(21)13-6-8-20-9-7-13/h1,3-4,6-9,11,16-17H,2,5,10,12,19H2. The van der Waals surface area contributed by atoms with Gasteiger partial charge in [0.2, 0.25) is 0 Å². The van der Waals surface area contributed by atoms with Gasteiger partial charge in [-0.1, -0.05) is 12.1 Å². The first-order chi connectivity index (χ1) is 10.3. The van der Waals surface area contributed by atoms with Crippen LogP contribution in [0.25, 0.3) is 0 Å². The monoisotopic (exact) mass is 285 g/mol. The first-order valence-corrected chi connectivity index (χ1v) is 7.41. The lowest BCUT2D eigenvalue weighted by Gasteiger charge is -2.33. The van der Waals surface area contributed by atoms with E-state index >= 15 is 0 Å². The zero-order valence-corrected chi connectivity index (χ0v) is 12.0. The van der Waals surface area contributed by atoms with Crippen molar-refractivity contribution in [1.29, 1.82) is 0 Å². The Morgan fingerprint density at radius 1 is 1.29 bits per heavy atom. The number of likely N-dealkylation sites (tertiary alicyclic amines) is 1. The molecule has 0 saturated carbocycles. The molecule has 0 aliphatic carbocycles. The SMILES string of the molecule is NCC(c1cccc(F)c1)N1CCCC1c1ccncc1. The van der Waals surface area contributed by atoms with Gasteiger partial charge in [-0.3, -0.25) is 9.88 Å². The van der Waals surface area contributed by atoms with Crippen LogP contribution in [0.5, 0.6) is 0 Å². The molecule has 3 rings (SSSR count). The van der Waals surface area contributed by atoms with Gasteiger partial charge in [0.15, 0.2) is 0 Å². The van der Waals surface area contributed by atoms with Crippen LogP contribution in [0.4, 0.5) is 4.39 Å². The summed E-state index contributed by atoms with van der Waals surface area (Å²) in [5.41, 5.74) is 8.22. The Bertz CT molecular complexity index is 588. The lowest BCUT2D eigenvalue weighted by Crippen LogP contribution is -2.33. The second kappa shape index (κ2) is 6.33. The molecule has 1 saturated heterocycles. The Labute approximate surface area is 124 Å². The van der Waals surface area contributed by atoms with Crippen molar-refractivity contribution in [2.75, 3.05) is 13.1 Å². The van der Waals surface area contributed by atoms with E-state index in [0.29, 0.717) is 12.6 Å². The molecule has 0 bridgehead atoms. The summed E-state index contributed by atoms with van der Waals surface area (Å²) in [5.74, 6) is -0.203. The molecule has 2 atom stereocenters. The predicted molar refractivity (Wildman–Crippen MR) is 81.1 cm³/mol. The number of nitrogens with zero attached hydrogens (tertiary/aromatic N) is 2. The van der Waals surface area contributed by atoms with E-state index in [4.69, 9.17) is 5.73 Å². The molecule has 2 unspecified atom stereocenters. The van der Waals surface area contributed by atoms with E-state index in [1.54, 1.807) is 12.1 Å². The van der Waals surface area contributed by atoms with Crippen molar-refractivity contribution in [3.63, 3.8) is 0 Å². The van der Waals surface area contributed by atoms with E-state index in [1.165, 1.54) is 11.6 Å². The van der Waals surface area contributed by atoms with Crippen LogP contribution in [0.15, 0.2) is 48.8 Å². The van der Waals surface area contributed by atoms with Crippen LogP contribution in [-0.2, 0) is 0 Å². The van der Waals surface area contributed by atoms with Gasteiger partial charge in [0.05, 0.1) is 0 Å². The Morgan fingerprint density at radius 2 is 2.10 bits per heavy atom. The number of halogens is 1. The number of hydrogen-bond donors (Lipinski definition) is 1. The molecule has 0 radical (unpaired) electrons. The van der Waals surface area contributed by atoms with Crippen molar-refractivity contribution in [2.45, 2.75) is 24.9 Å². The molecule has 110 valence electrons. The minimum absolute atomic E-state index is 0.0568. The van der Waals surface area contributed by atoms with Crippen molar-refractivity contribution >= 4 is 0 Å². The molecule has 3 nitrogen and oxygen atoms in total. The fourth-order valence-electron chi connectivity index (χ4n) is 3.28. The van der Waals surface area contributed by atoms with Gasteiger partial charge in [0.1, 0.15) is 5.82 Å². The molecular weight excluding hydrogens is 265 g/mol. The Kier molecular flexibility index (Phi) is 4.27. The third-order valence-corrected chi connectivity index (χ3v) is 4.24. The number of aromatic nitrogens is 1. The smallest absolute Gasteiger partial charge is 0.123 e. The average Bonchev–Trinajstić information content (AvgIpc) is 2.98. The summed E-state index contributed by atoms with van der Waals surface area (Å²) in [4.78, 5) is 6.48. The Morgan fingerprint density at radius 3 is 2.81 bits per heavy atom. The maximum absolute atomic E-state index is 13.5. The van der Waals surface area contributed by atoms with Gasteiger partial charge in [-0.15, -0.1) is 0 Å². The second-order valence-electron chi connectivity index (χ2n) is 5.48. The van der Waals surface area contributed by atoms with E-state index in [1.807, 2.05) is 18.5 Å². The van der Waals surface area contributed by atoms with Crippen LogP contribution < -0.4 is 5.73 Å². The molecule has 4 heteroatoms. The van der Waals surface area contributed by atoms with E-state index in [9.17, 15) is 4.39 Å². The van der Waals surface area contributed by atoms with Crippen molar-refractivity contribution in [3.8, 4) is 0 Å². The number of nitrogens with two attached hydrogens (primary N) is 1. The van der Waals surface area contributed by atoms with Gasteiger partial charge in [0.25, 0.3) is 0 Å². The molecule has 2 heterocycles. The second-order valence-corrected chi connectivity index (χ2v) is 5.48. The minimum Gasteiger partial charge on any atom is -0.329 e. The summed E-state index contributed by atoms with van der Waals surface area (Å²) in [5, 5.41) is 0. The zero-order chi connectivity index (χ0) is 14.7. The molecule has 1 aliphatic rings. The molecule has 2 N–H and O–H groups in total.